The summed E-state index contributed by atoms with van der Waals surface area (Å²) in [4.78, 5) is 23.6. The number of likely N-dealkylation sites (tertiary alicyclic amines) is 1. The minimum atomic E-state index is -0.615. The molecule has 1 aromatic carbocycles. The van der Waals surface area contributed by atoms with Crippen LogP contribution in [0.15, 0.2) is 24.3 Å². The minimum absolute atomic E-state index is 0.0355. The van der Waals surface area contributed by atoms with Gasteiger partial charge >= 0.3 is 0 Å². The van der Waals surface area contributed by atoms with Gasteiger partial charge in [0.25, 0.3) is 0 Å². The molecule has 0 unspecified atom stereocenters. The predicted octanol–water partition coefficient (Wildman–Crippen LogP) is -0.835. The van der Waals surface area contributed by atoms with Crippen molar-refractivity contribution < 1.29 is 24.3 Å². The van der Waals surface area contributed by atoms with E-state index in [-0.39, 0.29) is 24.3 Å². The van der Waals surface area contributed by atoms with Gasteiger partial charge in [0.15, 0.2) is 0 Å². The first-order chi connectivity index (χ1) is 11.5. The van der Waals surface area contributed by atoms with Crippen molar-refractivity contribution in [1.82, 2.24) is 0 Å². The number of quaternary nitrogens is 1. The molecule has 5 N–H and O–H groups in total. The first-order valence-electron chi connectivity index (χ1n) is 8.26. The van der Waals surface area contributed by atoms with Gasteiger partial charge in [-0.3, -0.25) is 9.59 Å². The standard InChI is InChI=1S/C17H25N3O4/c1-12(21)19-15-4-2-3-5-16(15)24-11-14(22)10-20-8-6-13(7-9-20)17(18)23/h2-5,13-14,22H,6-11H2,1H3,(H2,18,23)(H,19,21)/p+1/t14-/m0/s1. The molecule has 24 heavy (non-hydrogen) atoms. The lowest BCUT2D eigenvalue weighted by atomic mass is 9.96. The lowest BCUT2D eigenvalue weighted by Crippen LogP contribution is -3.14. The Morgan fingerprint density at radius 3 is 2.67 bits per heavy atom. The Kier molecular flexibility index (Phi) is 6.57. The summed E-state index contributed by atoms with van der Waals surface area (Å²) < 4.78 is 5.65. The van der Waals surface area contributed by atoms with Crippen molar-refractivity contribution in [2.24, 2.45) is 11.7 Å². The van der Waals surface area contributed by atoms with Crippen LogP contribution in [0.2, 0.25) is 0 Å². The van der Waals surface area contributed by atoms with E-state index in [2.05, 4.69) is 5.32 Å². The van der Waals surface area contributed by atoms with Crippen LogP contribution in [-0.2, 0) is 9.59 Å². The highest BCUT2D eigenvalue weighted by atomic mass is 16.5. The SMILES string of the molecule is CC(=O)Nc1ccccc1OC[C@@H](O)C[NH+]1CCC(C(N)=O)CC1. The summed E-state index contributed by atoms with van der Waals surface area (Å²) in [7, 11) is 0. The Morgan fingerprint density at radius 1 is 1.38 bits per heavy atom. The number of aliphatic hydroxyl groups is 1. The largest absolute Gasteiger partial charge is 0.488 e. The highest BCUT2D eigenvalue weighted by Crippen LogP contribution is 2.23. The summed E-state index contributed by atoms with van der Waals surface area (Å²) in [6.07, 6.45) is 0.920. The molecule has 132 valence electrons. The van der Waals surface area contributed by atoms with Crippen LogP contribution in [0.4, 0.5) is 5.69 Å². The predicted molar refractivity (Wildman–Crippen MR) is 89.7 cm³/mol. The molecule has 0 saturated carbocycles. The number of primary amides is 1. The topological polar surface area (TPSA) is 106 Å². The molecule has 2 rings (SSSR count). The highest BCUT2D eigenvalue weighted by molar-refractivity contribution is 5.90. The zero-order chi connectivity index (χ0) is 17.5. The number of rotatable bonds is 7. The van der Waals surface area contributed by atoms with Crippen LogP contribution in [-0.4, -0.2) is 49.3 Å². The number of amides is 2. The van der Waals surface area contributed by atoms with Crippen molar-refractivity contribution in [2.45, 2.75) is 25.9 Å². The number of benzene rings is 1. The highest BCUT2D eigenvalue weighted by Gasteiger charge is 2.27. The van der Waals surface area contributed by atoms with E-state index in [0.717, 1.165) is 25.9 Å². The average Bonchev–Trinajstić information content (AvgIpc) is 2.54. The lowest BCUT2D eigenvalue weighted by Gasteiger charge is -2.29. The van der Waals surface area contributed by atoms with Gasteiger partial charge in [-0.15, -0.1) is 0 Å². The number of hydrogen-bond acceptors (Lipinski definition) is 4. The zero-order valence-electron chi connectivity index (χ0n) is 14.0. The second kappa shape index (κ2) is 8.65. The molecular weight excluding hydrogens is 310 g/mol. The van der Waals surface area contributed by atoms with Crippen LogP contribution in [0.3, 0.4) is 0 Å². The van der Waals surface area contributed by atoms with Crippen molar-refractivity contribution in [1.29, 1.82) is 0 Å². The van der Waals surface area contributed by atoms with Gasteiger partial charge in [-0.05, 0) is 12.1 Å². The zero-order valence-corrected chi connectivity index (χ0v) is 14.0. The molecule has 1 aliphatic heterocycles. The molecule has 0 spiro atoms. The first-order valence-corrected chi connectivity index (χ1v) is 8.26. The Labute approximate surface area is 141 Å². The second-order valence-corrected chi connectivity index (χ2v) is 6.27. The van der Waals surface area contributed by atoms with Gasteiger partial charge < -0.3 is 25.8 Å². The van der Waals surface area contributed by atoms with Crippen LogP contribution in [0, 0.1) is 5.92 Å². The molecule has 0 aliphatic carbocycles. The lowest BCUT2D eigenvalue weighted by molar-refractivity contribution is -0.908. The third kappa shape index (κ3) is 5.50. The number of nitrogens with one attached hydrogen (secondary N) is 2. The third-order valence-corrected chi connectivity index (χ3v) is 4.25. The molecule has 0 aromatic heterocycles. The third-order valence-electron chi connectivity index (χ3n) is 4.25. The van der Waals surface area contributed by atoms with Crippen LogP contribution in [0.1, 0.15) is 19.8 Å². The summed E-state index contributed by atoms with van der Waals surface area (Å²) in [5.41, 5.74) is 5.92. The fraction of sp³-hybridized carbons (Fsp3) is 0.529. The summed E-state index contributed by atoms with van der Waals surface area (Å²) in [5, 5.41) is 12.9. The van der Waals surface area contributed by atoms with Crippen LogP contribution in [0.25, 0.3) is 0 Å². The van der Waals surface area contributed by atoms with E-state index < -0.39 is 6.10 Å². The molecule has 1 fully saturated rings. The van der Waals surface area contributed by atoms with E-state index >= 15 is 0 Å². The van der Waals surface area contributed by atoms with Crippen molar-refractivity contribution in [3.05, 3.63) is 24.3 Å². The first kappa shape index (κ1) is 18.2. The van der Waals surface area contributed by atoms with Crippen LogP contribution in [0.5, 0.6) is 5.75 Å². The van der Waals surface area contributed by atoms with E-state index in [1.807, 2.05) is 12.1 Å². The molecule has 0 radical (unpaired) electrons. The maximum atomic E-state index is 11.2. The number of para-hydroxylation sites is 2. The number of carbonyl (C=O) groups excluding carboxylic acids is 2. The maximum absolute atomic E-state index is 11.2. The monoisotopic (exact) mass is 336 g/mol. The van der Waals surface area contributed by atoms with E-state index in [4.69, 9.17) is 10.5 Å². The summed E-state index contributed by atoms with van der Waals surface area (Å²) in [6.45, 7) is 3.80. The Balaban J connectivity index is 1.79. The van der Waals surface area contributed by atoms with Gasteiger partial charge in [0.2, 0.25) is 11.8 Å². The van der Waals surface area contributed by atoms with Gasteiger partial charge in [0.05, 0.1) is 18.8 Å². The van der Waals surface area contributed by atoms with Gasteiger partial charge in [-0.25, -0.2) is 0 Å². The molecule has 1 aliphatic rings. The Hall–Kier alpha value is -2.12. The van der Waals surface area contributed by atoms with Crippen LogP contribution >= 0.6 is 0 Å². The molecule has 1 saturated heterocycles. The number of piperidine rings is 1. The summed E-state index contributed by atoms with van der Waals surface area (Å²) in [5.74, 6) is 0.0988. The number of hydrogen-bond donors (Lipinski definition) is 4. The average molecular weight is 336 g/mol. The number of aliphatic hydroxyl groups excluding tert-OH is 1. The molecule has 1 aromatic rings. The van der Waals surface area contributed by atoms with E-state index in [0.29, 0.717) is 18.0 Å². The van der Waals surface area contributed by atoms with Gasteiger partial charge in [-0.1, -0.05) is 12.1 Å². The molecule has 2 amide bonds. The van der Waals surface area contributed by atoms with Crippen molar-refractivity contribution in [3.8, 4) is 5.75 Å². The van der Waals surface area contributed by atoms with E-state index in [1.165, 1.54) is 11.8 Å². The summed E-state index contributed by atoms with van der Waals surface area (Å²) in [6, 6.07) is 7.13. The summed E-state index contributed by atoms with van der Waals surface area (Å²) >= 11 is 0. The number of nitrogens with two attached hydrogens (primary N) is 1. The smallest absolute Gasteiger partial charge is 0.221 e. The fourth-order valence-electron chi connectivity index (χ4n) is 2.98. The fourth-order valence-corrected chi connectivity index (χ4v) is 2.98. The quantitative estimate of drug-likeness (QED) is 0.521. The second-order valence-electron chi connectivity index (χ2n) is 6.27. The molecule has 0 bridgehead atoms. The van der Waals surface area contributed by atoms with Crippen molar-refractivity contribution >= 4 is 17.5 Å². The van der Waals surface area contributed by atoms with E-state index in [9.17, 15) is 14.7 Å². The number of ether oxygens (including phenoxy) is 1. The Bertz CT molecular complexity index is 571. The number of anilines is 1. The molecule has 1 atom stereocenters. The maximum Gasteiger partial charge on any atom is 0.221 e. The normalized spacial score (nSPS) is 21.8. The molecule has 1 heterocycles. The van der Waals surface area contributed by atoms with Crippen molar-refractivity contribution in [2.75, 3.05) is 31.6 Å². The van der Waals surface area contributed by atoms with Crippen LogP contribution < -0.4 is 20.7 Å². The molecule has 7 heteroatoms. The molecular formula is C17H26N3O4+. The number of carbonyl (C=O) groups is 2. The van der Waals surface area contributed by atoms with Gasteiger partial charge in [0.1, 0.15) is 25.0 Å². The Morgan fingerprint density at radius 2 is 2.04 bits per heavy atom. The van der Waals surface area contributed by atoms with Crippen molar-refractivity contribution in [3.63, 3.8) is 0 Å². The molecule has 7 nitrogen and oxygen atoms in total. The van der Waals surface area contributed by atoms with Gasteiger partial charge in [0, 0.05) is 25.7 Å². The van der Waals surface area contributed by atoms with Gasteiger partial charge in [-0.2, -0.15) is 0 Å². The minimum Gasteiger partial charge on any atom is -0.488 e. The van der Waals surface area contributed by atoms with E-state index in [1.54, 1.807) is 12.1 Å².